The minimum absolute atomic E-state index is 0.0497. The van der Waals surface area contributed by atoms with Gasteiger partial charge in [-0.1, -0.05) is 42.5 Å². The molecule has 3 aromatic carbocycles. The van der Waals surface area contributed by atoms with Crippen molar-refractivity contribution in [3.63, 3.8) is 0 Å². The number of anilines is 1. The molecule has 0 unspecified atom stereocenters. The van der Waals surface area contributed by atoms with Crippen LogP contribution in [0.2, 0.25) is 0 Å². The Balaban J connectivity index is 1.63. The molecule has 7 nitrogen and oxygen atoms in total. The number of carbonyl (C=O) groups is 1. The average molecular weight is 442 g/mol. The molecule has 5 rings (SSSR count). The maximum Gasteiger partial charge on any atom is 0.326 e. The number of hydrogen-bond acceptors (Lipinski definition) is 5. The first-order valence-electron chi connectivity index (χ1n) is 9.76. The molecule has 1 amide bonds. The van der Waals surface area contributed by atoms with E-state index < -0.39 is 28.5 Å². The van der Waals surface area contributed by atoms with Gasteiger partial charge in [-0.2, -0.15) is 8.42 Å². The molecule has 2 heterocycles. The Labute approximate surface area is 178 Å². The van der Waals surface area contributed by atoms with E-state index in [1.54, 1.807) is 18.2 Å². The number of rotatable bonds is 5. The van der Waals surface area contributed by atoms with E-state index in [-0.39, 0.29) is 29.3 Å². The predicted octanol–water partition coefficient (Wildman–Crippen LogP) is 2.85. The Kier molecular flexibility index (Phi) is 4.79. The number of fused-ring (bicyclic) bond motifs is 1. The van der Waals surface area contributed by atoms with Gasteiger partial charge in [-0.3, -0.25) is 4.79 Å². The molecule has 2 aliphatic heterocycles. The van der Waals surface area contributed by atoms with Crippen LogP contribution in [0.15, 0.2) is 54.6 Å². The number of halogens is 1. The molecule has 0 atom stereocenters. The molecule has 1 N–H and O–H groups in total. The number of carbonyl (C=O) groups excluding carboxylic acids is 1. The van der Waals surface area contributed by atoms with Crippen LogP contribution in [-0.4, -0.2) is 34.1 Å². The van der Waals surface area contributed by atoms with Crippen LogP contribution in [0, 0.1) is 5.82 Å². The van der Waals surface area contributed by atoms with Crippen LogP contribution in [0.25, 0.3) is 10.8 Å². The lowest BCUT2D eigenvalue weighted by Crippen LogP contribution is -2.30. The van der Waals surface area contributed by atoms with Crippen LogP contribution in [0.1, 0.15) is 17.0 Å². The molecule has 0 bridgehead atoms. The van der Waals surface area contributed by atoms with Crippen molar-refractivity contribution < 1.29 is 27.1 Å². The van der Waals surface area contributed by atoms with Gasteiger partial charge in [-0.25, -0.2) is 13.4 Å². The van der Waals surface area contributed by atoms with Gasteiger partial charge in [0.1, 0.15) is 24.6 Å². The number of amides is 1. The van der Waals surface area contributed by atoms with E-state index in [1.165, 1.54) is 0 Å². The molecule has 2 fully saturated rings. The molecule has 2 aliphatic rings. The second-order valence-corrected chi connectivity index (χ2v) is 9.16. The smallest absolute Gasteiger partial charge is 0.326 e. The van der Waals surface area contributed by atoms with E-state index in [0.29, 0.717) is 18.6 Å². The first kappa shape index (κ1) is 19.8. The van der Waals surface area contributed by atoms with Gasteiger partial charge in [0, 0.05) is 11.3 Å². The van der Waals surface area contributed by atoms with Crippen molar-refractivity contribution in [3.05, 3.63) is 71.5 Å². The predicted molar refractivity (Wildman–Crippen MR) is 113 cm³/mol. The second-order valence-electron chi connectivity index (χ2n) is 7.56. The van der Waals surface area contributed by atoms with Gasteiger partial charge in [-0.05, 0) is 28.6 Å². The summed E-state index contributed by atoms with van der Waals surface area (Å²) >= 11 is 0. The molecular formula is C22H19FN2O5S. The van der Waals surface area contributed by atoms with Gasteiger partial charge in [0.25, 0.3) is 5.91 Å². The lowest BCUT2D eigenvalue weighted by Gasteiger charge is -2.27. The van der Waals surface area contributed by atoms with Gasteiger partial charge < -0.3 is 9.47 Å². The summed E-state index contributed by atoms with van der Waals surface area (Å²) in [7, 11) is -4.21. The summed E-state index contributed by atoms with van der Waals surface area (Å²) in [4.78, 5) is 11.8. The summed E-state index contributed by atoms with van der Waals surface area (Å²) in [5.41, 5.74) is 1.48. The molecule has 9 heteroatoms. The van der Waals surface area contributed by atoms with Crippen LogP contribution >= 0.6 is 0 Å². The molecule has 0 radical (unpaired) electrons. The lowest BCUT2D eigenvalue weighted by atomic mass is 9.94. The highest BCUT2D eigenvalue weighted by atomic mass is 32.2. The monoisotopic (exact) mass is 442 g/mol. The van der Waals surface area contributed by atoms with Gasteiger partial charge in [0.2, 0.25) is 0 Å². The minimum atomic E-state index is -4.21. The summed E-state index contributed by atoms with van der Waals surface area (Å²) in [6.45, 7) is 0.739. The zero-order chi connectivity index (χ0) is 21.6. The molecule has 0 spiro atoms. The molecule has 0 aromatic heterocycles. The van der Waals surface area contributed by atoms with Crippen molar-refractivity contribution in [2.24, 2.45) is 0 Å². The summed E-state index contributed by atoms with van der Waals surface area (Å²) in [5, 5.41) is 0.838. The molecule has 3 aromatic rings. The lowest BCUT2D eigenvalue weighted by molar-refractivity contribution is -0.117. The van der Waals surface area contributed by atoms with Crippen LogP contribution in [-0.2, 0) is 26.3 Å². The third-order valence-electron chi connectivity index (χ3n) is 5.46. The third kappa shape index (κ3) is 3.60. The zero-order valence-corrected chi connectivity index (χ0v) is 17.2. The van der Waals surface area contributed by atoms with E-state index in [0.717, 1.165) is 15.4 Å². The van der Waals surface area contributed by atoms with Crippen LogP contribution in [0.5, 0.6) is 5.75 Å². The van der Waals surface area contributed by atoms with E-state index in [9.17, 15) is 13.2 Å². The zero-order valence-electron chi connectivity index (χ0n) is 16.4. The van der Waals surface area contributed by atoms with Crippen molar-refractivity contribution in [3.8, 4) is 5.75 Å². The first-order valence-corrected chi connectivity index (χ1v) is 11.2. The molecule has 0 saturated carbocycles. The minimum Gasteiger partial charge on any atom is -0.487 e. The molecular weight excluding hydrogens is 423 g/mol. The Bertz CT molecular complexity index is 1280. The first-order chi connectivity index (χ1) is 14.9. The van der Waals surface area contributed by atoms with Crippen LogP contribution in [0.3, 0.4) is 0 Å². The fourth-order valence-electron chi connectivity index (χ4n) is 3.74. The highest BCUT2D eigenvalue weighted by molar-refractivity contribution is 7.92. The van der Waals surface area contributed by atoms with E-state index in [1.807, 2.05) is 41.1 Å². The summed E-state index contributed by atoms with van der Waals surface area (Å²) in [6, 6.07) is 16.3. The number of benzene rings is 3. The summed E-state index contributed by atoms with van der Waals surface area (Å²) < 4.78 is 54.4. The standard InChI is InChI=1S/C22H19FN2O5S/c23-21-18-8-15(17-12-29-13-17)6-7-16(18)9-19(30-11-14-4-2-1-3-5-14)22(21)25-10-20(26)24-31(25,27)28/h1-9,17H,10-13H2,(H,24,26). The Hall–Kier alpha value is -3.17. The highest BCUT2D eigenvalue weighted by Gasteiger charge is 2.38. The number of nitrogens with zero attached hydrogens (tertiary/aromatic N) is 1. The maximum atomic E-state index is 15.8. The number of hydrogen-bond donors (Lipinski definition) is 1. The second kappa shape index (κ2) is 7.51. The highest BCUT2D eigenvalue weighted by Crippen LogP contribution is 2.40. The van der Waals surface area contributed by atoms with Crippen molar-refractivity contribution in [2.45, 2.75) is 12.5 Å². The van der Waals surface area contributed by atoms with Crippen molar-refractivity contribution >= 4 is 32.6 Å². The van der Waals surface area contributed by atoms with Gasteiger partial charge in [0.05, 0.1) is 13.2 Å². The molecule has 0 aliphatic carbocycles. The maximum absolute atomic E-state index is 15.8. The molecule has 2 saturated heterocycles. The Morgan fingerprint density at radius 3 is 2.55 bits per heavy atom. The van der Waals surface area contributed by atoms with Crippen molar-refractivity contribution in [2.75, 3.05) is 24.1 Å². The van der Waals surface area contributed by atoms with Gasteiger partial charge in [-0.15, -0.1) is 0 Å². The Morgan fingerprint density at radius 1 is 1.13 bits per heavy atom. The largest absolute Gasteiger partial charge is 0.487 e. The van der Waals surface area contributed by atoms with Gasteiger partial charge >= 0.3 is 10.2 Å². The van der Waals surface area contributed by atoms with E-state index >= 15 is 4.39 Å². The van der Waals surface area contributed by atoms with Crippen molar-refractivity contribution in [1.82, 2.24) is 4.72 Å². The topological polar surface area (TPSA) is 84.9 Å². The third-order valence-corrected chi connectivity index (χ3v) is 6.84. The van der Waals surface area contributed by atoms with Gasteiger partial charge in [0.15, 0.2) is 5.82 Å². The SMILES string of the molecule is O=C1CN(c2c(OCc3ccccc3)cc3ccc(C4COC4)cc3c2F)S(=O)(=O)N1. The fraction of sp³-hybridized carbons (Fsp3) is 0.227. The van der Waals surface area contributed by atoms with E-state index in [2.05, 4.69) is 0 Å². The molecule has 160 valence electrons. The summed E-state index contributed by atoms with van der Waals surface area (Å²) in [5.74, 6) is -1.25. The fourth-order valence-corrected chi connectivity index (χ4v) is 4.90. The van der Waals surface area contributed by atoms with E-state index in [4.69, 9.17) is 9.47 Å². The quantitative estimate of drug-likeness (QED) is 0.657. The molecule has 31 heavy (non-hydrogen) atoms. The summed E-state index contributed by atoms with van der Waals surface area (Å²) in [6.07, 6.45) is 0. The van der Waals surface area contributed by atoms with Crippen LogP contribution in [0.4, 0.5) is 10.1 Å². The normalized spacial score (nSPS) is 18.1. The Morgan fingerprint density at radius 2 is 1.90 bits per heavy atom. The number of nitrogens with one attached hydrogen (secondary N) is 1. The average Bonchev–Trinajstić information content (AvgIpc) is 2.98. The van der Waals surface area contributed by atoms with Crippen LogP contribution < -0.4 is 13.8 Å². The van der Waals surface area contributed by atoms with Crippen molar-refractivity contribution in [1.29, 1.82) is 0 Å². The number of ether oxygens (including phenoxy) is 2.